The number of hydrogen-bond donors (Lipinski definition) is 0. The Bertz CT molecular complexity index is 684. The topological polar surface area (TPSA) is 79.1 Å². The summed E-state index contributed by atoms with van der Waals surface area (Å²) in [5.74, 6) is 1.39. The van der Waals surface area contributed by atoms with E-state index < -0.39 is 0 Å². The van der Waals surface area contributed by atoms with Crippen molar-refractivity contribution < 1.29 is 18.8 Å². The van der Waals surface area contributed by atoms with E-state index in [1.807, 2.05) is 18.7 Å². The number of amides is 2. The second-order valence-electron chi connectivity index (χ2n) is 7.68. The van der Waals surface area contributed by atoms with Crippen molar-refractivity contribution in [3.8, 4) is 0 Å². The van der Waals surface area contributed by atoms with Gasteiger partial charge in [0.25, 0.3) is 0 Å². The van der Waals surface area contributed by atoms with Crippen LogP contribution in [-0.4, -0.2) is 77.2 Å². The maximum atomic E-state index is 12.8. The lowest BCUT2D eigenvalue weighted by molar-refractivity contribution is -0.135. The summed E-state index contributed by atoms with van der Waals surface area (Å²) >= 11 is 0. The minimum Gasteiger partial charge on any atom is -0.448 e. The van der Waals surface area contributed by atoms with E-state index in [0.717, 1.165) is 56.0 Å². The van der Waals surface area contributed by atoms with Gasteiger partial charge in [0.1, 0.15) is 18.9 Å². The largest absolute Gasteiger partial charge is 0.448 e. The standard InChI is InChI=1S/C18H26N4O4/c1-12-16(13(2)26-19-12)10-20-7-14-3-4-15(9-20)22(8-14)17(23)11-21-5-6-25-18(21)24/h14-15H,3-11H2,1-2H3/t14-,15+/m1/s1. The Kier molecular flexibility index (Phi) is 4.60. The van der Waals surface area contributed by atoms with Crippen LogP contribution in [0.15, 0.2) is 4.52 Å². The van der Waals surface area contributed by atoms with Crippen molar-refractivity contribution in [3.05, 3.63) is 17.0 Å². The average molecular weight is 362 g/mol. The van der Waals surface area contributed by atoms with E-state index in [2.05, 4.69) is 10.1 Å². The first kappa shape index (κ1) is 17.3. The maximum Gasteiger partial charge on any atom is 0.410 e. The molecule has 0 aliphatic carbocycles. The normalized spacial score (nSPS) is 26.3. The van der Waals surface area contributed by atoms with Gasteiger partial charge in [-0.15, -0.1) is 0 Å². The van der Waals surface area contributed by atoms with Crippen LogP contribution in [0.5, 0.6) is 0 Å². The molecule has 0 saturated carbocycles. The van der Waals surface area contributed by atoms with E-state index in [1.165, 1.54) is 4.90 Å². The fourth-order valence-corrected chi connectivity index (χ4v) is 4.39. The van der Waals surface area contributed by atoms with E-state index >= 15 is 0 Å². The van der Waals surface area contributed by atoms with Crippen LogP contribution < -0.4 is 0 Å². The molecule has 1 aromatic heterocycles. The number of ether oxygens (including phenoxy) is 1. The van der Waals surface area contributed by atoms with Crippen molar-refractivity contribution in [3.63, 3.8) is 0 Å². The van der Waals surface area contributed by atoms with Crippen molar-refractivity contribution in [2.75, 3.05) is 39.3 Å². The summed E-state index contributed by atoms with van der Waals surface area (Å²) in [6, 6.07) is 0.209. The van der Waals surface area contributed by atoms with Crippen molar-refractivity contribution in [1.29, 1.82) is 0 Å². The maximum absolute atomic E-state index is 12.8. The molecule has 4 aliphatic heterocycles. The number of hydrogen-bond acceptors (Lipinski definition) is 6. The molecule has 0 spiro atoms. The van der Waals surface area contributed by atoms with Crippen LogP contribution in [0, 0.1) is 19.8 Å². The van der Waals surface area contributed by atoms with Crippen LogP contribution in [0.4, 0.5) is 4.79 Å². The number of aromatic nitrogens is 1. The predicted molar refractivity (Wildman–Crippen MR) is 92.4 cm³/mol. The van der Waals surface area contributed by atoms with Crippen molar-refractivity contribution >= 4 is 12.0 Å². The Balaban J connectivity index is 1.43. The highest BCUT2D eigenvalue weighted by molar-refractivity contribution is 5.83. The van der Waals surface area contributed by atoms with Gasteiger partial charge in [-0.05, 0) is 32.6 Å². The summed E-state index contributed by atoms with van der Waals surface area (Å²) in [7, 11) is 0. The molecule has 5 heterocycles. The zero-order valence-corrected chi connectivity index (χ0v) is 15.4. The van der Waals surface area contributed by atoms with Gasteiger partial charge in [0.05, 0.1) is 12.2 Å². The molecular weight excluding hydrogens is 336 g/mol. The van der Waals surface area contributed by atoms with E-state index in [1.54, 1.807) is 0 Å². The monoisotopic (exact) mass is 362 g/mol. The third-order valence-electron chi connectivity index (χ3n) is 5.84. The fourth-order valence-electron chi connectivity index (χ4n) is 4.39. The lowest BCUT2D eigenvalue weighted by Gasteiger charge is -2.37. The smallest absolute Gasteiger partial charge is 0.410 e. The van der Waals surface area contributed by atoms with Gasteiger partial charge < -0.3 is 14.2 Å². The first-order valence-electron chi connectivity index (χ1n) is 9.36. The van der Waals surface area contributed by atoms with Gasteiger partial charge in [-0.3, -0.25) is 14.6 Å². The summed E-state index contributed by atoms with van der Waals surface area (Å²) in [6.45, 7) is 8.38. The molecule has 0 N–H and O–H groups in total. The summed E-state index contributed by atoms with van der Waals surface area (Å²) < 4.78 is 10.2. The number of rotatable bonds is 4. The van der Waals surface area contributed by atoms with Gasteiger partial charge in [0.15, 0.2) is 0 Å². The molecule has 8 nitrogen and oxygen atoms in total. The molecule has 2 amide bonds. The summed E-state index contributed by atoms with van der Waals surface area (Å²) in [5.41, 5.74) is 2.10. The summed E-state index contributed by atoms with van der Waals surface area (Å²) in [4.78, 5) is 30.3. The van der Waals surface area contributed by atoms with Crippen LogP contribution in [0.3, 0.4) is 0 Å². The molecule has 4 saturated heterocycles. The van der Waals surface area contributed by atoms with Crippen LogP contribution in [0.1, 0.15) is 29.9 Å². The lowest BCUT2D eigenvalue weighted by Crippen LogP contribution is -2.50. The molecule has 0 unspecified atom stereocenters. The molecule has 142 valence electrons. The predicted octanol–water partition coefficient (Wildman–Crippen LogP) is 1.17. The highest BCUT2D eigenvalue weighted by Crippen LogP contribution is 2.30. The second kappa shape index (κ2) is 6.90. The third-order valence-corrected chi connectivity index (χ3v) is 5.84. The molecule has 4 fully saturated rings. The zero-order chi connectivity index (χ0) is 18.3. The van der Waals surface area contributed by atoms with E-state index in [-0.39, 0.29) is 24.6 Å². The molecule has 2 bridgehead atoms. The molecule has 8 heteroatoms. The van der Waals surface area contributed by atoms with Gasteiger partial charge in [-0.1, -0.05) is 5.16 Å². The first-order valence-corrected chi connectivity index (χ1v) is 9.36. The quantitative estimate of drug-likeness (QED) is 0.800. The lowest BCUT2D eigenvalue weighted by atomic mass is 9.95. The number of carbonyl (C=O) groups excluding carboxylic acids is 2. The Morgan fingerprint density at radius 1 is 1.23 bits per heavy atom. The van der Waals surface area contributed by atoms with Gasteiger partial charge in [0, 0.05) is 37.8 Å². The summed E-state index contributed by atoms with van der Waals surface area (Å²) in [5, 5.41) is 4.05. The van der Waals surface area contributed by atoms with Gasteiger partial charge in [0.2, 0.25) is 5.91 Å². The summed E-state index contributed by atoms with van der Waals surface area (Å²) in [6.07, 6.45) is 1.80. The number of carbonyl (C=O) groups is 2. The number of piperidine rings is 1. The Morgan fingerprint density at radius 3 is 2.77 bits per heavy atom. The highest BCUT2D eigenvalue weighted by Gasteiger charge is 2.38. The molecule has 4 aliphatic rings. The van der Waals surface area contributed by atoms with E-state index in [9.17, 15) is 9.59 Å². The molecule has 2 atom stereocenters. The van der Waals surface area contributed by atoms with Crippen LogP contribution in [0.25, 0.3) is 0 Å². The zero-order valence-electron chi connectivity index (χ0n) is 15.4. The van der Waals surface area contributed by atoms with Crippen molar-refractivity contribution in [2.45, 2.75) is 39.3 Å². The first-order chi connectivity index (χ1) is 12.5. The fraction of sp³-hybridized carbons (Fsp3) is 0.722. The van der Waals surface area contributed by atoms with E-state index in [0.29, 0.717) is 19.1 Å². The molecule has 0 radical (unpaired) electrons. The highest BCUT2D eigenvalue weighted by atomic mass is 16.6. The minimum absolute atomic E-state index is 0.0396. The van der Waals surface area contributed by atoms with Crippen molar-refractivity contribution in [1.82, 2.24) is 19.9 Å². The minimum atomic E-state index is -0.377. The van der Waals surface area contributed by atoms with Gasteiger partial charge >= 0.3 is 6.09 Å². The SMILES string of the molecule is Cc1noc(C)c1CN1C[C@H]2CC[C@@H](C1)N(C(=O)CN1CCOC1=O)C2. The molecule has 26 heavy (non-hydrogen) atoms. The second-order valence-corrected chi connectivity index (χ2v) is 7.68. The van der Waals surface area contributed by atoms with Crippen LogP contribution in [0.2, 0.25) is 0 Å². The number of nitrogens with zero attached hydrogens (tertiary/aromatic N) is 4. The molecule has 1 aromatic rings. The van der Waals surface area contributed by atoms with Gasteiger partial charge in [-0.25, -0.2) is 4.79 Å². The van der Waals surface area contributed by atoms with Crippen LogP contribution >= 0.6 is 0 Å². The Hall–Kier alpha value is -2.09. The van der Waals surface area contributed by atoms with Gasteiger partial charge in [-0.2, -0.15) is 0 Å². The molecule has 5 rings (SSSR count). The number of aryl methyl sites for hydroxylation is 2. The van der Waals surface area contributed by atoms with Crippen LogP contribution in [-0.2, 0) is 16.1 Å². The number of fused-ring (bicyclic) bond motifs is 4. The Labute approximate surface area is 153 Å². The van der Waals surface area contributed by atoms with Crippen molar-refractivity contribution in [2.24, 2.45) is 5.92 Å². The average Bonchev–Trinajstić information content (AvgIpc) is 3.02. The van der Waals surface area contributed by atoms with E-state index in [4.69, 9.17) is 9.26 Å². The molecular formula is C18H26N4O4. The molecule has 0 aromatic carbocycles. The third kappa shape index (κ3) is 3.30. The number of cyclic esters (lactones) is 1. The Morgan fingerprint density at radius 2 is 2.08 bits per heavy atom.